The first-order chi connectivity index (χ1) is 12.1. The normalized spacial score (nSPS) is 11.0. The molecule has 2 aromatic carbocycles. The molecule has 0 unspecified atom stereocenters. The van der Waals surface area contributed by atoms with E-state index in [9.17, 15) is 4.79 Å². The van der Waals surface area contributed by atoms with Crippen molar-refractivity contribution in [2.45, 2.75) is 32.6 Å². The Hall–Kier alpha value is -2.89. The van der Waals surface area contributed by atoms with Gasteiger partial charge in [-0.25, -0.2) is 4.79 Å². The van der Waals surface area contributed by atoms with Crippen LogP contribution in [0.5, 0.6) is 0 Å². The van der Waals surface area contributed by atoms with Crippen LogP contribution in [-0.4, -0.2) is 22.7 Å². The minimum Gasteiger partial charge on any atom is -0.339 e. The van der Waals surface area contributed by atoms with Crippen molar-refractivity contribution in [3.05, 3.63) is 54.2 Å². The molecule has 25 heavy (non-hydrogen) atoms. The summed E-state index contributed by atoms with van der Waals surface area (Å²) in [5, 5.41) is 11.8. The molecule has 1 heterocycles. The second-order valence-corrected chi connectivity index (χ2v) is 6.21. The third-order valence-electron chi connectivity index (χ3n) is 3.89. The molecule has 2 amide bonds. The largest absolute Gasteiger partial charge is 0.339 e. The maximum Gasteiger partial charge on any atom is 0.319 e. The Morgan fingerprint density at radius 1 is 1.16 bits per heavy atom. The zero-order valence-corrected chi connectivity index (χ0v) is 14.5. The van der Waals surface area contributed by atoms with Crippen LogP contribution >= 0.6 is 0 Å². The molecule has 0 saturated heterocycles. The van der Waals surface area contributed by atoms with Gasteiger partial charge in [-0.2, -0.15) is 4.98 Å². The van der Waals surface area contributed by atoms with E-state index in [0.29, 0.717) is 18.9 Å². The quantitative estimate of drug-likeness (QED) is 0.663. The van der Waals surface area contributed by atoms with E-state index in [-0.39, 0.29) is 11.9 Å². The van der Waals surface area contributed by atoms with Gasteiger partial charge in [-0.15, -0.1) is 0 Å². The van der Waals surface area contributed by atoms with Gasteiger partial charge in [0.05, 0.1) is 5.69 Å². The lowest BCUT2D eigenvalue weighted by Crippen LogP contribution is -2.29. The van der Waals surface area contributed by atoms with E-state index in [1.54, 1.807) is 0 Å². The number of hydrogen-bond donors (Lipinski definition) is 2. The van der Waals surface area contributed by atoms with Gasteiger partial charge in [0.2, 0.25) is 5.89 Å². The van der Waals surface area contributed by atoms with Gasteiger partial charge in [0.25, 0.3) is 0 Å². The van der Waals surface area contributed by atoms with E-state index in [0.717, 1.165) is 28.7 Å². The van der Waals surface area contributed by atoms with Gasteiger partial charge in [-0.3, -0.25) is 0 Å². The minimum atomic E-state index is -0.218. The lowest BCUT2D eigenvalue weighted by molar-refractivity contribution is 0.252. The third-order valence-corrected chi connectivity index (χ3v) is 3.89. The van der Waals surface area contributed by atoms with Crippen molar-refractivity contribution >= 4 is 22.5 Å². The van der Waals surface area contributed by atoms with Crippen LogP contribution in [0.3, 0.4) is 0 Å². The molecule has 6 nitrogen and oxygen atoms in total. The van der Waals surface area contributed by atoms with Gasteiger partial charge in [0.15, 0.2) is 5.82 Å². The second-order valence-electron chi connectivity index (χ2n) is 6.21. The maximum absolute atomic E-state index is 12.1. The molecular formula is C19H22N4O2. The molecular weight excluding hydrogens is 316 g/mol. The highest BCUT2D eigenvalue weighted by atomic mass is 16.5. The Morgan fingerprint density at radius 2 is 1.96 bits per heavy atom. The van der Waals surface area contributed by atoms with Crippen LogP contribution in [-0.2, 0) is 6.42 Å². The molecule has 0 aliphatic rings. The number of aryl methyl sites for hydroxylation is 1. The van der Waals surface area contributed by atoms with Crippen molar-refractivity contribution in [3.63, 3.8) is 0 Å². The summed E-state index contributed by atoms with van der Waals surface area (Å²) < 4.78 is 5.19. The predicted octanol–water partition coefficient (Wildman–Crippen LogP) is 4.10. The highest BCUT2D eigenvalue weighted by Gasteiger charge is 2.09. The molecule has 6 heteroatoms. The molecule has 0 aliphatic carbocycles. The molecule has 3 aromatic rings. The van der Waals surface area contributed by atoms with Crippen molar-refractivity contribution in [1.29, 1.82) is 0 Å². The second kappa shape index (κ2) is 7.79. The fraction of sp³-hybridized carbons (Fsp3) is 0.316. The Balaban J connectivity index is 1.48. The molecule has 1 aromatic heterocycles. The predicted molar refractivity (Wildman–Crippen MR) is 97.7 cm³/mol. The summed E-state index contributed by atoms with van der Waals surface area (Å²) in [6.45, 7) is 4.58. The zero-order valence-electron chi connectivity index (χ0n) is 14.5. The molecule has 0 bridgehead atoms. The van der Waals surface area contributed by atoms with Crippen molar-refractivity contribution in [1.82, 2.24) is 15.5 Å². The van der Waals surface area contributed by atoms with Gasteiger partial charge in [0.1, 0.15) is 0 Å². The lowest BCUT2D eigenvalue weighted by Gasteiger charge is -2.09. The van der Waals surface area contributed by atoms with E-state index in [1.165, 1.54) is 0 Å². The van der Waals surface area contributed by atoms with Gasteiger partial charge >= 0.3 is 6.03 Å². The first-order valence-corrected chi connectivity index (χ1v) is 8.48. The Morgan fingerprint density at radius 3 is 2.76 bits per heavy atom. The van der Waals surface area contributed by atoms with Crippen molar-refractivity contribution in [2.24, 2.45) is 0 Å². The first-order valence-electron chi connectivity index (χ1n) is 8.48. The van der Waals surface area contributed by atoms with E-state index < -0.39 is 0 Å². The molecule has 2 N–H and O–H groups in total. The number of benzene rings is 2. The van der Waals surface area contributed by atoms with Gasteiger partial charge in [-0.05, 0) is 17.9 Å². The molecule has 0 radical (unpaired) electrons. The van der Waals surface area contributed by atoms with Gasteiger partial charge in [-0.1, -0.05) is 55.4 Å². The third kappa shape index (κ3) is 4.35. The number of aromatic nitrogens is 2. The standard InChI is InChI=1S/C19H22N4O2/c1-13(2)18-22-17(25-23-18)11-6-12-20-19(24)21-16-10-5-8-14-7-3-4-9-15(14)16/h3-5,7-10,13H,6,11-12H2,1-2H3,(H2,20,21,24). The summed E-state index contributed by atoms with van der Waals surface area (Å²) in [6.07, 6.45) is 1.39. The van der Waals surface area contributed by atoms with E-state index in [4.69, 9.17) is 4.52 Å². The monoisotopic (exact) mass is 338 g/mol. The van der Waals surface area contributed by atoms with E-state index in [1.807, 2.05) is 56.3 Å². The van der Waals surface area contributed by atoms with Crippen LogP contribution in [0, 0.1) is 0 Å². The van der Waals surface area contributed by atoms with Crippen molar-refractivity contribution in [2.75, 3.05) is 11.9 Å². The number of carbonyl (C=O) groups is 1. The molecule has 130 valence electrons. The van der Waals surface area contributed by atoms with Crippen LogP contribution in [0.25, 0.3) is 10.8 Å². The number of fused-ring (bicyclic) bond motifs is 1. The van der Waals surface area contributed by atoms with Crippen LogP contribution in [0.4, 0.5) is 10.5 Å². The zero-order chi connectivity index (χ0) is 17.6. The topological polar surface area (TPSA) is 80.0 Å². The number of anilines is 1. The number of nitrogens with one attached hydrogen (secondary N) is 2. The number of hydrogen-bond acceptors (Lipinski definition) is 4. The van der Waals surface area contributed by atoms with Crippen LogP contribution in [0.15, 0.2) is 47.0 Å². The average molecular weight is 338 g/mol. The number of amides is 2. The summed E-state index contributed by atoms with van der Waals surface area (Å²) in [5.41, 5.74) is 0.800. The molecule has 0 fully saturated rings. The minimum absolute atomic E-state index is 0.218. The van der Waals surface area contributed by atoms with Crippen molar-refractivity contribution < 1.29 is 9.32 Å². The summed E-state index contributed by atoms with van der Waals surface area (Å²) in [5.74, 6) is 1.58. The molecule has 3 rings (SSSR count). The van der Waals surface area contributed by atoms with E-state index in [2.05, 4.69) is 20.8 Å². The molecule has 0 atom stereocenters. The summed E-state index contributed by atoms with van der Waals surface area (Å²) in [4.78, 5) is 16.4. The Kier molecular flexibility index (Phi) is 5.28. The average Bonchev–Trinajstić information content (AvgIpc) is 3.08. The van der Waals surface area contributed by atoms with E-state index >= 15 is 0 Å². The molecule has 0 spiro atoms. The lowest BCUT2D eigenvalue weighted by atomic mass is 10.1. The number of rotatable bonds is 6. The van der Waals surface area contributed by atoms with Crippen LogP contribution < -0.4 is 10.6 Å². The molecule has 0 saturated carbocycles. The fourth-order valence-corrected chi connectivity index (χ4v) is 2.55. The van der Waals surface area contributed by atoms with Crippen molar-refractivity contribution in [3.8, 4) is 0 Å². The smallest absolute Gasteiger partial charge is 0.319 e. The summed E-state index contributed by atoms with van der Waals surface area (Å²) in [6, 6.07) is 13.6. The summed E-state index contributed by atoms with van der Waals surface area (Å²) in [7, 11) is 0. The summed E-state index contributed by atoms with van der Waals surface area (Å²) >= 11 is 0. The highest BCUT2D eigenvalue weighted by Crippen LogP contribution is 2.22. The first kappa shape index (κ1) is 17.0. The number of carbonyl (C=O) groups excluding carboxylic acids is 1. The number of urea groups is 1. The molecule has 0 aliphatic heterocycles. The SMILES string of the molecule is CC(C)c1noc(CCCNC(=O)Nc2cccc3ccccc23)n1. The highest BCUT2D eigenvalue weighted by molar-refractivity contribution is 6.01. The van der Waals surface area contributed by atoms with Gasteiger partial charge < -0.3 is 15.2 Å². The van der Waals surface area contributed by atoms with Crippen LogP contribution in [0.2, 0.25) is 0 Å². The maximum atomic E-state index is 12.1. The van der Waals surface area contributed by atoms with Crippen LogP contribution in [0.1, 0.15) is 37.9 Å². The number of nitrogens with zero attached hydrogens (tertiary/aromatic N) is 2. The van der Waals surface area contributed by atoms with Gasteiger partial charge in [0, 0.05) is 24.3 Å². The Labute approximate surface area is 146 Å². The Bertz CT molecular complexity index is 852. The fourth-order valence-electron chi connectivity index (χ4n) is 2.55.